The Labute approximate surface area is 252 Å². The Hall–Kier alpha value is -3.39. The number of rotatable bonds is 17. The summed E-state index contributed by atoms with van der Waals surface area (Å²) in [5, 5.41) is 2.73. The second kappa shape index (κ2) is 16.9. The second-order valence-corrected chi connectivity index (χ2v) is 12.6. The van der Waals surface area contributed by atoms with Crippen LogP contribution in [0, 0.1) is 0 Å². The number of esters is 1. The maximum atomic E-state index is 13.7. The van der Waals surface area contributed by atoms with E-state index in [0.29, 0.717) is 36.5 Å². The number of unbranched alkanes of at least 4 members (excludes halogenated alkanes) is 9. The third-order valence-corrected chi connectivity index (χ3v) is 9.39. The second-order valence-electron chi connectivity index (χ2n) is 10.7. The van der Waals surface area contributed by atoms with E-state index in [2.05, 4.69) is 12.2 Å². The van der Waals surface area contributed by atoms with Crippen LogP contribution in [0.4, 0.5) is 5.69 Å². The first-order chi connectivity index (χ1) is 20.3. The summed E-state index contributed by atoms with van der Waals surface area (Å²) in [5.41, 5.74) is 1.95. The van der Waals surface area contributed by atoms with Crippen LogP contribution in [0.3, 0.4) is 0 Å². The predicted octanol–water partition coefficient (Wildman–Crippen LogP) is 8.02. The highest BCUT2D eigenvalue weighted by Crippen LogP contribution is 2.33. The Morgan fingerprint density at radius 2 is 1.50 bits per heavy atom. The van der Waals surface area contributed by atoms with Crippen LogP contribution in [0.15, 0.2) is 81.9 Å². The maximum Gasteiger partial charge on any atom is 0.338 e. The Balaban J connectivity index is 1.62. The van der Waals surface area contributed by atoms with Gasteiger partial charge in [-0.15, -0.1) is 0 Å². The molecule has 0 atom stereocenters. The summed E-state index contributed by atoms with van der Waals surface area (Å²) in [6, 6.07) is 14.4. The van der Waals surface area contributed by atoms with Crippen molar-refractivity contribution in [1.82, 2.24) is 4.90 Å². The topological polar surface area (TPSA) is 92.8 Å². The molecule has 7 nitrogen and oxygen atoms in total. The van der Waals surface area contributed by atoms with Gasteiger partial charge in [0.2, 0.25) is 9.84 Å². The molecule has 1 N–H and O–H groups in total. The minimum atomic E-state index is -4.12. The van der Waals surface area contributed by atoms with Crippen LogP contribution in [-0.2, 0) is 19.4 Å². The molecule has 0 radical (unpaired) electrons. The number of allylic oxidation sites excluding steroid dienone is 2. The highest BCUT2D eigenvalue weighted by atomic mass is 32.2. The van der Waals surface area contributed by atoms with Crippen LogP contribution < -0.4 is 5.32 Å². The molecular weight excluding hydrogens is 548 g/mol. The number of nitrogens with one attached hydrogen (secondary N) is 1. The van der Waals surface area contributed by atoms with Gasteiger partial charge >= 0.3 is 5.97 Å². The molecule has 0 spiro atoms. The Morgan fingerprint density at radius 3 is 2.14 bits per heavy atom. The van der Waals surface area contributed by atoms with E-state index in [1.54, 1.807) is 36.4 Å². The summed E-state index contributed by atoms with van der Waals surface area (Å²) in [7, 11) is -4.12. The lowest BCUT2D eigenvalue weighted by Crippen LogP contribution is -2.28. The number of hydrogen-bond acceptors (Lipinski definition) is 6. The monoisotopic (exact) mass is 594 g/mol. The molecule has 0 aromatic heterocycles. The molecule has 1 aliphatic heterocycles. The number of sulfone groups is 1. The summed E-state index contributed by atoms with van der Waals surface area (Å²) >= 11 is 0. The van der Waals surface area contributed by atoms with Crippen molar-refractivity contribution in [1.29, 1.82) is 0 Å². The van der Waals surface area contributed by atoms with E-state index >= 15 is 0 Å². The van der Waals surface area contributed by atoms with Crippen LogP contribution in [0.1, 0.15) is 102 Å². The van der Waals surface area contributed by atoms with Crippen molar-refractivity contribution < 1.29 is 22.7 Å². The lowest BCUT2D eigenvalue weighted by molar-refractivity contribution is -0.112. The number of ether oxygens (including phenoxy) is 1. The molecule has 3 rings (SSSR count). The summed E-state index contributed by atoms with van der Waals surface area (Å²) in [6.45, 7) is 6.91. The molecule has 42 heavy (non-hydrogen) atoms. The molecule has 228 valence electrons. The highest BCUT2D eigenvalue weighted by molar-refractivity contribution is 7.96. The van der Waals surface area contributed by atoms with Crippen molar-refractivity contribution in [3.63, 3.8) is 0 Å². The van der Waals surface area contributed by atoms with Crippen molar-refractivity contribution in [2.24, 2.45) is 0 Å². The molecule has 0 bridgehead atoms. The molecule has 0 saturated carbocycles. The number of carbonyl (C=O) groups is 2. The summed E-state index contributed by atoms with van der Waals surface area (Å²) in [4.78, 5) is 27.9. The third kappa shape index (κ3) is 9.31. The summed E-state index contributed by atoms with van der Waals surface area (Å²) < 4.78 is 32.9. The maximum absolute atomic E-state index is 13.7. The molecule has 1 aliphatic rings. The summed E-state index contributed by atoms with van der Waals surface area (Å²) in [5.74, 6) is -1.21. The average molecular weight is 595 g/mol. The van der Waals surface area contributed by atoms with Crippen LogP contribution >= 0.6 is 0 Å². The van der Waals surface area contributed by atoms with Gasteiger partial charge in [-0.05, 0) is 50.6 Å². The van der Waals surface area contributed by atoms with Gasteiger partial charge in [0, 0.05) is 30.0 Å². The zero-order valence-corrected chi connectivity index (χ0v) is 26.2. The highest BCUT2D eigenvalue weighted by Gasteiger charge is 2.34. The van der Waals surface area contributed by atoms with Gasteiger partial charge in [0.25, 0.3) is 5.91 Å². The lowest BCUT2D eigenvalue weighted by Gasteiger charge is -2.23. The molecule has 2 aromatic rings. The number of carbonyl (C=O) groups excluding carboxylic acids is 2. The van der Waals surface area contributed by atoms with E-state index in [9.17, 15) is 18.0 Å². The number of nitrogens with zero attached hydrogens (tertiary/aromatic N) is 1. The lowest BCUT2D eigenvalue weighted by atomic mass is 10.1. The fourth-order valence-electron chi connectivity index (χ4n) is 5.21. The van der Waals surface area contributed by atoms with Crippen molar-refractivity contribution >= 4 is 27.4 Å². The normalized spacial score (nSPS) is 14.5. The van der Waals surface area contributed by atoms with Crippen LogP contribution in [0.5, 0.6) is 0 Å². The van der Waals surface area contributed by atoms with E-state index in [1.165, 1.54) is 63.1 Å². The van der Waals surface area contributed by atoms with Gasteiger partial charge in [-0.3, -0.25) is 4.79 Å². The number of amides is 1. The molecule has 1 amide bonds. The van der Waals surface area contributed by atoms with E-state index in [0.717, 1.165) is 25.0 Å². The Bertz CT molecular complexity index is 1350. The van der Waals surface area contributed by atoms with E-state index in [-0.39, 0.29) is 9.80 Å². The SMILES string of the molecule is CCCCCCCCCCCCOC(=O)c1cccc(NC(=O)C(=C2CC=C(C)N2CC)S(=O)(=O)c2ccccc2)c1. The zero-order valence-electron chi connectivity index (χ0n) is 25.4. The van der Waals surface area contributed by atoms with Crippen molar-refractivity contribution in [3.8, 4) is 0 Å². The molecule has 2 aromatic carbocycles. The van der Waals surface area contributed by atoms with Gasteiger partial charge in [0.05, 0.1) is 17.1 Å². The molecular formula is C34H46N2O5S. The van der Waals surface area contributed by atoms with Gasteiger partial charge in [0.15, 0.2) is 4.91 Å². The molecule has 1 heterocycles. The number of anilines is 1. The number of hydrogen-bond donors (Lipinski definition) is 1. The fourth-order valence-corrected chi connectivity index (χ4v) is 6.76. The molecule has 0 fully saturated rings. The standard InChI is InChI=1S/C34H46N2O5S/c1-4-6-7-8-9-10-11-12-13-17-25-41-34(38)28-19-18-20-29(26-28)35-33(37)32(31-24-23-27(3)36(31)5-2)42(39,40)30-21-15-14-16-22-30/h14-16,18-23,26H,4-13,17,24-25H2,1-3H3,(H,35,37). The minimum absolute atomic E-state index is 0.0487. The van der Waals surface area contributed by atoms with Crippen LogP contribution in [-0.4, -0.2) is 38.3 Å². The quantitative estimate of drug-likeness (QED) is 0.113. The van der Waals surface area contributed by atoms with Gasteiger partial charge in [0.1, 0.15) is 0 Å². The van der Waals surface area contributed by atoms with Gasteiger partial charge in [-0.2, -0.15) is 0 Å². The van der Waals surface area contributed by atoms with E-state index in [4.69, 9.17) is 4.74 Å². The minimum Gasteiger partial charge on any atom is -0.462 e. The molecule has 0 aliphatic carbocycles. The predicted molar refractivity (Wildman–Crippen MR) is 169 cm³/mol. The van der Waals surface area contributed by atoms with Crippen molar-refractivity contribution in [3.05, 3.63) is 82.5 Å². The summed E-state index contributed by atoms with van der Waals surface area (Å²) in [6.07, 6.45) is 14.2. The smallest absolute Gasteiger partial charge is 0.338 e. The van der Waals surface area contributed by atoms with Gasteiger partial charge in [-0.1, -0.05) is 95.1 Å². The number of benzene rings is 2. The van der Waals surface area contributed by atoms with Crippen molar-refractivity contribution in [2.45, 2.75) is 96.3 Å². The van der Waals surface area contributed by atoms with Gasteiger partial charge in [-0.25, -0.2) is 13.2 Å². The first-order valence-corrected chi connectivity index (χ1v) is 16.8. The first kappa shape index (κ1) is 33.1. The van der Waals surface area contributed by atoms with Crippen LogP contribution in [0.2, 0.25) is 0 Å². The molecule has 8 heteroatoms. The molecule has 0 saturated heterocycles. The fraction of sp³-hybridized carbons (Fsp3) is 0.471. The molecule has 0 unspecified atom stereocenters. The van der Waals surface area contributed by atoms with Crippen LogP contribution in [0.25, 0.3) is 0 Å². The van der Waals surface area contributed by atoms with E-state index < -0.39 is 21.7 Å². The van der Waals surface area contributed by atoms with E-state index in [1.807, 2.05) is 24.8 Å². The largest absolute Gasteiger partial charge is 0.462 e. The van der Waals surface area contributed by atoms with Gasteiger partial charge < -0.3 is 15.0 Å². The Kier molecular flexibility index (Phi) is 13.3. The van der Waals surface area contributed by atoms with Crippen molar-refractivity contribution in [2.75, 3.05) is 18.5 Å². The average Bonchev–Trinajstić information content (AvgIpc) is 3.35. The Morgan fingerprint density at radius 1 is 0.857 bits per heavy atom. The first-order valence-electron chi connectivity index (χ1n) is 15.4. The zero-order chi connectivity index (χ0) is 30.4. The third-order valence-electron chi connectivity index (χ3n) is 7.54.